The van der Waals surface area contributed by atoms with Gasteiger partial charge in [-0.1, -0.05) is 0 Å². The monoisotopic (exact) mass is 320 g/mol. The molecule has 3 N–H and O–H groups in total. The fourth-order valence-electron chi connectivity index (χ4n) is 1.37. The van der Waals surface area contributed by atoms with Gasteiger partial charge in [0.15, 0.2) is 0 Å². The van der Waals surface area contributed by atoms with Crippen LogP contribution in [0.25, 0.3) is 0 Å². The zero-order chi connectivity index (χ0) is 15.6. The summed E-state index contributed by atoms with van der Waals surface area (Å²) in [7, 11) is -4.02. The van der Waals surface area contributed by atoms with Gasteiger partial charge >= 0.3 is 5.97 Å². The number of rotatable bonds is 5. The van der Waals surface area contributed by atoms with E-state index in [4.69, 9.17) is 5.11 Å². The quantitative estimate of drug-likeness (QED) is 0.737. The first-order valence-corrected chi connectivity index (χ1v) is 8.01. The SMILES string of the molecule is CC(C)(C)NC(=O)CNS(=O)(=O)c1ccsc1C(=O)O. The van der Waals surface area contributed by atoms with E-state index < -0.39 is 34.0 Å². The lowest BCUT2D eigenvalue weighted by molar-refractivity contribution is -0.121. The molecule has 0 aliphatic carbocycles. The molecular formula is C11H16N2O5S2. The first-order valence-electron chi connectivity index (χ1n) is 5.64. The largest absolute Gasteiger partial charge is 0.477 e. The van der Waals surface area contributed by atoms with Crippen LogP contribution in [0.3, 0.4) is 0 Å². The Hall–Kier alpha value is -1.45. The fourth-order valence-corrected chi connectivity index (χ4v) is 3.61. The summed E-state index contributed by atoms with van der Waals surface area (Å²) in [5, 5.41) is 12.9. The number of carbonyl (C=O) groups is 2. The van der Waals surface area contributed by atoms with Crippen molar-refractivity contribution in [1.29, 1.82) is 0 Å². The van der Waals surface area contributed by atoms with Gasteiger partial charge in [0.25, 0.3) is 0 Å². The topological polar surface area (TPSA) is 113 Å². The lowest BCUT2D eigenvalue weighted by Gasteiger charge is -2.20. The number of thiophene rings is 1. The van der Waals surface area contributed by atoms with Crippen LogP contribution in [-0.2, 0) is 14.8 Å². The molecule has 0 radical (unpaired) electrons. The summed E-state index contributed by atoms with van der Waals surface area (Å²) in [4.78, 5) is 21.8. The Balaban J connectivity index is 2.79. The normalized spacial score (nSPS) is 12.2. The van der Waals surface area contributed by atoms with Crippen LogP contribution in [0.4, 0.5) is 0 Å². The number of aromatic carboxylic acids is 1. The van der Waals surface area contributed by atoms with Crippen LogP contribution >= 0.6 is 11.3 Å². The molecule has 0 bridgehead atoms. The zero-order valence-corrected chi connectivity index (χ0v) is 12.9. The van der Waals surface area contributed by atoms with Crippen LogP contribution in [0.5, 0.6) is 0 Å². The maximum absolute atomic E-state index is 11.9. The molecular weight excluding hydrogens is 304 g/mol. The molecule has 0 aliphatic rings. The van der Waals surface area contributed by atoms with Gasteiger partial charge in [-0.2, -0.15) is 0 Å². The molecule has 1 heterocycles. The molecule has 0 aliphatic heterocycles. The molecule has 1 rings (SSSR count). The van der Waals surface area contributed by atoms with Gasteiger partial charge in [-0.05, 0) is 32.2 Å². The van der Waals surface area contributed by atoms with Crippen LogP contribution < -0.4 is 10.0 Å². The lowest BCUT2D eigenvalue weighted by Crippen LogP contribution is -2.45. The van der Waals surface area contributed by atoms with Crippen molar-refractivity contribution in [3.05, 3.63) is 16.3 Å². The van der Waals surface area contributed by atoms with Gasteiger partial charge < -0.3 is 10.4 Å². The Morgan fingerprint density at radius 3 is 2.45 bits per heavy atom. The molecule has 0 fully saturated rings. The zero-order valence-electron chi connectivity index (χ0n) is 11.3. The highest BCUT2D eigenvalue weighted by Gasteiger charge is 2.24. The van der Waals surface area contributed by atoms with Crippen molar-refractivity contribution < 1.29 is 23.1 Å². The molecule has 112 valence electrons. The third-order valence-electron chi connectivity index (χ3n) is 2.05. The highest BCUT2D eigenvalue weighted by Crippen LogP contribution is 2.21. The van der Waals surface area contributed by atoms with Crippen molar-refractivity contribution in [2.24, 2.45) is 0 Å². The van der Waals surface area contributed by atoms with Crippen LogP contribution in [-0.4, -0.2) is 37.5 Å². The predicted octanol–water partition coefficient (Wildman–Crippen LogP) is 0.639. The maximum Gasteiger partial charge on any atom is 0.347 e. The van der Waals surface area contributed by atoms with E-state index in [0.29, 0.717) is 0 Å². The van der Waals surface area contributed by atoms with E-state index in [1.165, 1.54) is 11.4 Å². The van der Waals surface area contributed by atoms with E-state index in [2.05, 4.69) is 10.0 Å². The second-order valence-corrected chi connectivity index (χ2v) is 7.69. The smallest absolute Gasteiger partial charge is 0.347 e. The summed E-state index contributed by atoms with van der Waals surface area (Å²) >= 11 is 0.810. The van der Waals surface area contributed by atoms with Gasteiger partial charge in [-0.25, -0.2) is 17.9 Å². The van der Waals surface area contributed by atoms with Gasteiger partial charge in [-0.3, -0.25) is 4.79 Å². The van der Waals surface area contributed by atoms with Crippen molar-refractivity contribution in [3.8, 4) is 0 Å². The summed E-state index contributed by atoms with van der Waals surface area (Å²) < 4.78 is 26.0. The van der Waals surface area contributed by atoms with E-state index >= 15 is 0 Å². The Morgan fingerprint density at radius 1 is 1.35 bits per heavy atom. The Kier molecular flexibility index (Phi) is 4.90. The summed E-state index contributed by atoms with van der Waals surface area (Å²) in [6.07, 6.45) is 0. The third-order valence-corrected chi connectivity index (χ3v) is 4.53. The van der Waals surface area contributed by atoms with Crippen LogP contribution in [0, 0.1) is 0 Å². The molecule has 0 saturated heterocycles. The standard InChI is InChI=1S/C11H16N2O5S2/c1-11(2,3)13-8(14)6-12-20(17,18)7-4-5-19-9(7)10(15)16/h4-5,12H,6H2,1-3H3,(H,13,14)(H,15,16). The first-order chi connectivity index (χ1) is 9.03. The minimum atomic E-state index is -4.02. The van der Waals surface area contributed by atoms with E-state index in [1.807, 2.05) is 0 Å². The third kappa shape index (κ3) is 4.58. The number of carboxylic acids is 1. The number of amides is 1. The second-order valence-electron chi connectivity index (χ2n) is 5.04. The van der Waals surface area contributed by atoms with Gasteiger partial charge in [-0.15, -0.1) is 11.3 Å². The van der Waals surface area contributed by atoms with E-state index in [1.54, 1.807) is 20.8 Å². The lowest BCUT2D eigenvalue weighted by atomic mass is 10.1. The molecule has 0 unspecified atom stereocenters. The number of carboxylic acid groups (broad SMARTS) is 1. The van der Waals surface area contributed by atoms with Crippen LogP contribution in [0.1, 0.15) is 30.4 Å². The van der Waals surface area contributed by atoms with Gasteiger partial charge in [0, 0.05) is 5.54 Å². The van der Waals surface area contributed by atoms with Crippen molar-refractivity contribution in [2.75, 3.05) is 6.54 Å². The highest BCUT2D eigenvalue weighted by atomic mass is 32.2. The summed E-state index contributed by atoms with van der Waals surface area (Å²) in [5.74, 6) is -1.81. The van der Waals surface area contributed by atoms with Gasteiger partial charge in [0.2, 0.25) is 15.9 Å². The summed E-state index contributed by atoms with van der Waals surface area (Å²) in [6.45, 7) is 4.84. The van der Waals surface area contributed by atoms with Gasteiger partial charge in [0.1, 0.15) is 9.77 Å². The average molecular weight is 320 g/mol. The number of hydrogen-bond donors (Lipinski definition) is 3. The van der Waals surface area contributed by atoms with Gasteiger partial charge in [0.05, 0.1) is 6.54 Å². The second kappa shape index (κ2) is 5.90. The Labute approximate surface area is 121 Å². The highest BCUT2D eigenvalue weighted by molar-refractivity contribution is 7.89. The maximum atomic E-state index is 11.9. The molecule has 0 aromatic carbocycles. The van der Waals surface area contributed by atoms with E-state index in [0.717, 1.165) is 11.3 Å². The number of hydrogen-bond acceptors (Lipinski definition) is 5. The molecule has 1 aromatic heterocycles. The number of sulfonamides is 1. The minimum Gasteiger partial charge on any atom is -0.477 e. The first kappa shape index (κ1) is 16.6. The molecule has 0 atom stereocenters. The molecule has 20 heavy (non-hydrogen) atoms. The molecule has 1 aromatic rings. The average Bonchev–Trinajstić information content (AvgIpc) is 2.73. The number of nitrogens with one attached hydrogen (secondary N) is 2. The van der Waals surface area contributed by atoms with Crippen molar-refractivity contribution in [2.45, 2.75) is 31.2 Å². The molecule has 0 saturated carbocycles. The number of carbonyl (C=O) groups excluding carboxylic acids is 1. The van der Waals surface area contributed by atoms with Crippen molar-refractivity contribution >= 4 is 33.2 Å². The van der Waals surface area contributed by atoms with Crippen molar-refractivity contribution in [3.63, 3.8) is 0 Å². The Morgan fingerprint density at radius 2 is 1.95 bits per heavy atom. The summed E-state index contributed by atoms with van der Waals surface area (Å²) in [6, 6.07) is 1.19. The van der Waals surface area contributed by atoms with E-state index in [9.17, 15) is 18.0 Å². The minimum absolute atomic E-state index is 0.284. The molecule has 1 amide bonds. The van der Waals surface area contributed by atoms with Crippen LogP contribution in [0.15, 0.2) is 16.3 Å². The van der Waals surface area contributed by atoms with E-state index in [-0.39, 0.29) is 9.77 Å². The fraction of sp³-hybridized carbons (Fsp3) is 0.455. The molecule has 0 spiro atoms. The Bertz CT molecular complexity index is 613. The molecule has 7 nitrogen and oxygen atoms in total. The predicted molar refractivity (Wildman–Crippen MR) is 74.4 cm³/mol. The van der Waals surface area contributed by atoms with Crippen LogP contribution in [0.2, 0.25) is 0 Å². The summed E-state index contributed by atoms with van der Waals surface area (Å²) in [5.41, 5.74) is -0.475. The van der Waals surface area contributed by atoms with Crippen molar-refractivity contribution in [1.82, 2.24) is 10.0 Å². The molecule has 9 heteroatoms.